The van der Waals surface area contributed by atoms with Crippen LogP contribution < -0.4 is 0 Å². The maximum atomic E-state index is 12.1. The largest absolute Gasteiger partial charge is 0.461 e. The lowest BCUT2D eigenvalue weighted by Crippen LogP contribution is -2.06. The number of fused-ring (bicyclic) bond motifs is 5. The van der Waals surface area contributed by atoms with Gasteiger partial charge in [0.2, 0.25) is 0 Å². The van der Waals surface area contributed by atoms with Gasteiger partial charge in [-0.25, -0.2) is 14.8 Å². The van der Waals surface area contributed by atoms with E-state index in [0.29, 0.717) is 18.8 Å². The Morgan fingerprint density at radius 1 is 1.42 bits per heavy atom. The molecule has 0 atom stereocenters. The number of benzene rings is 1. The monoisotopic (exact) mass is 386 g/mol. The number of aromatic nitrogens is 4. The molecule has 0 radical (unpaired) electrons. The van der Waals surface area contributed by atoms with Gasteiger partial charge in [-0.2, -0.15) is 0 Å². The molecule has 6 nitrogen and oxygen atoms in total. The summed E-state index contributed by atoms with van der Waals surface area (Å²) in [6, 6.07) is 6.02. The van der Waals surface area contributed by atoms with Crippen LogP contribution in [0.1, 0.15) is 28.8 Å². The molecule has 0 saturated heterocycles. The Bertz CT molecular complexity index is 958. The molecule has 2 aromatic heterocycles. The van der Waals surface area contributed by atoms with Gasteiger partial charge in [-0.3, -0.25) is 0 Å². The highest BCUT2D eigenvalue weighted by Gasteiger charge is 2.24. The number of hydrogen-bond donors (Lipinski definition) is 0. The minimum Gasteiger partial charge on any atom is -0.461 e. The molecule has 0 unspecified atom stereocenters. The molecule has 3 aromatic rings. The number of carbonyl (C=O) groups is 1. The van der Waals surface area contributed by atoms with Crippen molar-refractivity contribution in [3.8, 4) is 17.1 Å². The molecule has 1 aliphatic rings. The van der Waals surface area contributed by atoms with Crippen LogP contribution in [0.15, 0.2) is 35.2 Å². The Balaban J connectivity index is 1.96. The summed E-state index contributed by atoms with van der Waals surface area (Å²) in [5, 5.41) is 0. The van der Waals surface area contributed by atoms with Crippen molar-refractivity contribution in [3.05, 3.63) is 52.3 Å². The van der Waals surface area contributed by atoms with E-state index in [4.69, 9.17) is 4.74 Å². The Hall–Kier alpha value is -2.41. The van der Waals surface area contributed by atoms with Crippen molar-refractivity contribution in [3.63, 3.8) is 0 Å². The molecular weight excluding hydrogens is 372 g/mol. The highest BCUT2D eigenvalue weighted by Crippen LogP contribution is 2.34. The van der Waals surface area contributed by atoms with Gasteiger partial charge in [0.05, 0.1) is 36.6 Å². The minimum absolute atomic E-state index is 0.323. The zero-order valence-electron chi connectivity index (χ0n) is 13.3. The van der Waals surface area contributed by atoms with E-state index in [1.54, 1.807) is 13.1 Å². The van der Waals surface area contributed by atoms with Crippen LogP contribution >= 0.6 is 15.9 Å². The predicted molar refractivity (Wildman–Crippen MR) is 92.3 cm³/mol. The number of halogens is 1. The second-order valence-corrected chi connectivity index (χ2v) is 6.52. The molecule has 0 bridgehead atoms. The van der Waals surface area contributed by atoms with Crippen LogP contribution in [-0.2, 0) is 11.3 Å². The van der Waals surface area contributed by atoms with Gasteiger partial charge >= 0.3 is 5.97 Å². The molecule has 0 aliphatic carbocycles. The summed E-state index contributed by atoms with van der Waals surface area (Å²) in [4.78, 5) is 21.0. The average molecular weight is 387 g/mol. The Kier molecular flexibility index (Phi) is 3.53. The second kappa shape index (κ2) is 5.59. The zero-order chi connectivity index (χ0) is 16.8. The van der Waals surface area contributed by atoms with Gasteiger partial charge in [-0.15, -0.1) is 0 Å². The van der Waals surface area contributed by atoms with E-state index < -0.39 is 5.97 Å². The Morgan fingerprint density at radius 3 is 3.04 bits per heavy atom. The number of imidazole rings is 2. The molecule has 0 N–H and O–H groups in total. The molecule has 1 aromatic carbocycles. The van der Waals surface area contributed by atoms with Gasteiger partial charge in [-0.05, 0) is 32.0 Å². The van der Waals surface area contributed by atoms with Gasteiger partial charge in [0.1, 0.15) is 5.82 Å². The molecular formula is C17H15BrN4O2. The third-order valence-electron chi connectivity index (χ3n) is 4.12. The van der Waals surface area contributed by atoms with Crippen molar-refractivity contribution in [2.24, 2.45) is 0 Å². The van der Waals surface area contributed by atoms with Gasteiger partial charge in [0.15, 0.2) is 5.69 Å². The molecule has 0 saturated carbocycles. The first kappa shape index (κ1) is 15.1. The molecule has 3 heterocycles. The third kappa shape index (κ3) is 2.27. The van der Waals surface area contributed by atoms with Crippen LogP contribution in [0.5, 0.6) is 0 Å². The number of nitrogens with zero attached hydrogens (tertiary/aromatic N) is 4. The van der Waals surface area contributed by atoms with Crippen LogP contribution in [0.4, 0.5) is 0 Å². The highest BCUT2D eigenvalue weighted by molar-refractivity contribution is 9.10. The normalized spacial score (nSPS) is 12.1. The van der Waals surface area contributed by atoms with Crippen LogP contribution in [0, 0.1) is 6.92 Å². The number of ether oxygens (including phenoxy) is 1. The molecule has 1 aliphatic heterocycles. The Labute approximate surface area is 147 Å². The Morgan fingerprint density at radius 2 is 2.25 bits per heavy atom. The topological polar surface area (TPSA) is 61.9 Å². The van der Waals surface area contributed by atoms with Gasteiger partial charge in [-0.1, -0.05) is 15.9 Å². The zero-order valence-corrected chi connectivity index (χ0v) is 14.9. The van der Waals surface area contributed by atoms with Crippen LogP contribution in [0.3, 0.4) is 0 Å². The molecule has 24 heavy (non-hydrogen) atoms. The summed E-state index contributed by atoms with van der Waals surface area (Å²) in [6.45, 7) is 4.70. The first-order valence-electron chi connectivity index (χ1n) is 7.66. The summed E-state index contributed by atoms with van der Waals surface area (Å²) < 4.78 is 10.1. The molecule has 0 fully saturated rings. The van der Waals surface area contributed by atoms with E-state index in [-0.39, 0.29) is 0 Å². The maximum absolute atomic E-state index is 12.1. The lowest BCUT2D eigenvalue weighted by atomic mass is 10.1. The summed E-state index contributed by atoms with van der Waals surface area (Å²) in [5.41, 5.74) is 4.29. The van der Waals surface area contributed by atoms with E-state index in [1.807, 2.05) is 36.0 Å². The summed E-state index contributed by atoms with van der Waals surface area (Å²) in [5.74, 6) is 0.345. The number of carbonyl (C=O) groups excluding carboxylic acids is 1. The van der Waals surface area contributed by atoms with E-state index in [2.05, 4.69) is 30.5 Å². The first-order valence-corrected chi connectivity index (χ1v) is 8.45. The van der Waals surface area contributed by atoms with Gasteiger partial charge in [0.25, 0.3) is 0 Å². The van der Waals surface area contributed by atoms with Crippen molar-refractivity contribution in [2.75, 3.05) is 6.61 Å². The first-order chi connectivity index (χ1) is 11.6. The maximum Gasteiger partial charge on any atom is 0.358 e. The smallest absolute Gasteiger partial charge is 0.358 e. The highest BCUT2D eigenvalue weighted by atomic mass is 79.9. The number of rotatable bonds is 2. The van der Waals surface area contributed by atoms with Crippen molar-refractivity contribution in [1.29, 1.82) is 0 Å². The number of aryl methyl sites for hydroxylation is 1. The van der Waals surface area contributed by atoms with Crippen LogP contribution in [0.2, 0.25) is 0 Å². The summed E-state index contributed by atoms with van der Waals surface area (Å²) in [6.07, 6.45) is 3.58. The van der Waals surface area contributed by atoms with E-state index in [1.165, 1.54) is 0 Å². The van der Waals surface area contributed by atoms with E-state index in [0.717, 1.165) is 32.9 Å². The van der Waals surface area contributed by atoms with Crippen molar-refractivity contribution in [1.82, 2.24) is 19.1 Å². The predicted octanol–water partition coefficient (Wildman–Crippen LogP) is 3.35. The van der Waals surface area contributed by atoms with Crippen LogP contribution in [0.25, 0.3) is 17.1 Å². The lowest BCUT2D eigenvalue weighted by molar-refractivity contribution is 0.0520. The molecule has 0 spiro atoms. The van der Waals surface area contributed by atoms with E-state index >= 15 is 0 Å². The van der Waals surface area contributed by atoms with Gasteiger partial charge < -0.3 is 13.9 Å². The fourth-order valence-electron chi connectivity index (χ4n) is 2.97. The third-order valence-corrected chi connectivity index (χ3v) is 4.61. The molecule has 0 amide bonds. The molecule has 122 valence electrons. The SMILES string of the molecule is CCOC(=O)c1cn2c(n1)-c1cc(Br)ccc1-n1cnc(C)c1C2. The summed E-state index contributed by atoms with van der Waals surface area (Å²) in [7, 11) is 0. The van der Waals surface area contributed by atoms with E-state index in [9.17, 15) is 4.79 Å². The number of esters is 1. The van der Waals surface area contributed by atoms with Gasteiger partial charge in [0, 0.05) is 16.2 Å². The summed E-state index contributed by atoms with van der Waals surface area (Å²) >= 11 is 3.52. The number of hydrogen-bond acceptors (Lipinski definition) is 4. The van der Waals surface area contributed by atoms with Crippen LogP contribution in [-0.4, -0.2) is 31.7 Å². The fourth-order valence-corrected chi connectivity index (χ4v) is 3.34. The molecule has 4 rings (SSSR count). The fraction of sp³-hybridized carbons (Fsp3) is 0.235. The van der Waals surface area contributed by atoms with Crippen molar-refractivity contribution in [2.45, 2.75) is 20.4 Å². The second-order valence-electron chi connectivity index (χ2n) is 5.61. The van der Waals surface area contributed by atoms with Crippen molar-refractivity contribution < 1.29 is 9.53 Å². The average Bonchev–Trinajstić information content (AvgIpc) is 3.10. The van der Waals surface area contributed by atoms with Crippen molar-refractivity contribution >= 4 is 21.9 Å². The standard InChI is InChI=1S/C17H15BrN4O2/c1-3-24-17(23)13-7-21-8-15-10(2)19-9-22(15)14-5-4-11(18)6-12(14)16(21)20-13/h4-7,9H,3,8H2,1-2H3. The minimum atomic E-state index is -0.403. The lowest BCUT2D eigenvalue weighted by Gasteiger charge is -2.09. The molecule has 7 heteroatoms. The quantitative estimate of drug-likeness (QED) is 0.495.